The van der Waals surface area contributed by atoms with Gasteiger partial charge in [0.05, 0.1) is 0 Å². The number of allylic oxidation sites excluding steroid dienone is 4. The molecule has 0 aromatic heterocycles. The predicted octanol–water partition coefficient (Wildman–Crippen LogP) is 8.17. The van der Waals surface area contributed by atoms with Crippen LogP contribution in [0.25, 0.3) is 0 Å². The van der Waals surface area contributed by atoms with Gasteiger partial charge in [-0.15, -0.1) is 0 Å². The van der Waals surface area contributed by atoms with E-state index in [0.717, 1.165) is 0 Å². The molecule has 170 valence electrons. The molecule has 0 heterocycles. The minimum atomic E-state index is -6.00. The van der Waals surface area contributed by atoms with Gasteiger partial charge >= 0.3 is 14.5 Å². The van der Waals surface area contributed by atoms with Crippen molar-refractivity contribution in [1.82, 2.24) is 0 Å². The van der Waals surface area contributed by atoms with E-state index in [1.165, 1.54) is 39.3 Å². The maximum atomic E-state index is 9.75. The van der Waals surface area contributed by atoms with E-state index in [-0.39, 0.29) is 20.1 Å². The van der Waals surface area contributed by atoms with E-state index in [2.05, 4.69) is 72.7 Å². The van der Waals surface area contributed by atoms with Gasteiger partial charge in [0.25, 0.3) is 0 Å². The first kappa shape index (κ1) is 32.6. The summed E-state index contributed by atoms with van der Waals surface area (Å²) in [6.07, 6.45) is 0. The first-order valence-corrected chi connectivity index (χ1v) is 8.32. The fraction of sp³-hybridized carbons (Fsp3) is 0.389. The molecule has 0 saturated heterocycles. The first-order valence-electron chi connectivity index (χ1n) is 8.32. The summed E-state index contributed by atoms with van der Waals surface area (Å²) in [5.74, 6) is 1.47. The standard InChI is InChI=1S/C10H15.C8H10.2BF4.Ir/c1-6-7(2)9(4)10(5)8(6)3;1-7-3-5-8(2)6-4-7;2*2-1(3,4)5;/h1-5H3;3-6H,1-2H3;;;/q;;2*-1;. The van der Waals surface area contributed by atoms with Crippen LogP contribution in [0.3, 0.4) is 0 Å². The topological polar surface area (TPSA) is 0 Å². The van der Waals surface area contributed by atoms with Crippen LogP contribution >= 0.6 is 0 Å². The van der Waals surface area contributed by atoms with Crippen LogP contribution in [-0.4, -0.2) is 14.5 Å². The Labute approximate surface area is 181 Å². The summed E-state index contributed by atoms with van der Waals surface area (Å²) in [5, 5.41) is 0. The molecule has 0 bridgehead atoms. The molecule has 1 aromatic rings. The van der Waals surface area contributed by atoms with Crippen LogP contribution in [0.5, 0.6) is 0 Å². The second kappa shape index (κ2) is 14.0. The molecule has 0 unspecified atom stereocenters. The number of rotatable bonds is 0. The van der Waals surface area contributed by atoms with Crippen LogP contribution in [0.15, 0.2) is 46.6 Å². The molecule has 0 saturated carbocycles. The quantitative estimate of drug-likeness (QED) is 0.206. The third-order valence-corrected chi connectivity index (χ3v) is 4.03. The number of hydrogen-bond donors (Lipinski definition) is 0. The minimum absolute atomic E-state index is 0. The van der Waals surface area contributed by atoms with Crippen molar-refractivity contribution in [3.63, 3.8) is 0 Å². The molecule has 1 aromatic carbocycles. The van der Waals surface area contributed by atoms with Crippen LogP contribution in [0.2, 0.25) is 0 Å². The van der Waals surface area contributed by atoms with E-state index in [1.54, 1.807) is 0 Å². The second-order valence-corrected chi connectivity index (χ2v) is 6.27. The van der Waals surface area contributed by atoms with Crippen molar-refractivity contribution in [2.45, 2.75) is 48.5 Å². The van der Waals surface area contributed by atoms with Gasteiger partial charge in [-0.05, 0) is 52.7 Å². The fourth-order valence-corrected chi connectivity index (χ4v) is 2.04. The van der Waals surface area contributed by atoms with E-state index in [1.807, 2.05) is 0 Å². The van der Waals surface area contributed by atoms with Crippen LogP contribution in [0, 0.1) is 19.8 Å². The maximum absolute atomic E-state index is 9.75. The summed E-state index contributed by atoms with van der Waals surface area (Å²) in [6.45, 7) is 15.2. The zero-order valence-corrected chi connectivity index (χ0v) is 19.7. The Hall–Kier alpha value is -1.08. The maximum Gasteiger partial charge on any atom is 0.673 e. The second-order valence-electron chi connectivity index (χ2n) is 6.27. The van der Waals surface area contributed by atoms with Crippen LogP contribution < -0.4 is 0 Å². The Morgan fingerprint density at radius 1 is 0.448 bits per heavy atom. The van der Waals surface area contributed by atoms with Gasteiger partial charge in [0, 0.05) is 26.0 Å². The van der Waals surface area contributed by atoms with E-state index in [9.17, 15) is 34.5 Å². The molecule has 0 fully saturated rings. The SMILES string of the molecule is C[C]1C(C)=C(C)C(C)=C1C.Cc1ccc(C)cc1.F[B-](F)(F)F.F[B-](F)(F)F.[Ir]. The largest absolute Gasteiger partial charge is 0.673 e. The Balaban J connectivity index is -0.000000323. The number of hydrogen-bond acceptors (Lipinski definition) is 0. The molecule has 2 radical (unpaired) electrons. The van der Waals surface area contributed by atoms with E-state index >= 15 is 0 Å². The van der Waals surface area contributed by atoms with Gasteiger partial charge < -0.3 is 34.5 Å². The van der Waals surface area contributed by atoms with Gasteiger partial charge in [0.15, 0.2) is 0 Å². The predicted molar refractivity (Wildman–Crippen MR) is 102 cm³/mol. The summed E-state index contributed by atoms with van der Waals surface area (Å²) < 4.78 is 78.0. The zero-order valence-electron chi connectivity index (χ0n) is 17.3. The minimum Gasteiger partial charge on any atom is -0.418 e. The summed E-state index contributed by atoms with van der Waals surface area (Å²) in [4.78, 5) is 0. The van der Waals surface area contributed by atoms with Gasteiger partial charge in [0.2, 0.25) is 0 Å². The van der Waals surface area contributed by atoms with Gasteiger partial charge in [0.1, 0.15) is 0 Å². The molecule has 1 aliphatic carbocycles. The molecule has 11 heteroatoms. The summed E-state index contributed by atoms with van der Waals surface area (Å²) in [5.41, 5.74) is 8.53. The van der Waals surface area contributed by atoms with Crippen molar-refractivity contribution in [3.05, 3.63) is 63.6 Å². The van der Waals surface area contributed by atoms with Crippen molar-refractivity contribution < 1.29 is 54.6 Å². The summed E-state index contributed by atoms with van der Waals surface area (Å²) in [7, 11) is -12.0. The Kier molecular flexibility index (Phi) is 15.7. The molecule has 0 aliphatic heterocycles. The smallest absolute Gasteiger partial charge is 0.418 e. The van der Waals surface area contributed by atoms with Crippen LogP contribution in [-0.2, 0) is 20.1 Å². The number of benzene rings is 1. The zero-order chi connectivity index (χ0) is 22.9. The van der Waals surface area contributed by atoms with Crippen molar-refractivity contribution in [2.24, 2.45) is 0 Å². The fourth-order valence-electron chi connectivity index (χ4n) is 2.04. The third kappa shape index (κ3) is 20.0. The molecule has 0 spiro atoms. The molecule has 29 heavy (non-hydrogen) atoms. The van der Waals surface area contributed by atoms with E-state index < -0.39 is 14.5 Å². The normalized spacial score (nSPS) is 14.0. The molecule has 0 nitrogen and oxygen atoms in total. The Bertz CT molecular complexity index is 593. The van der Waals surface area contributed by atoms with Crippen molar-refractivity contribution in [3.8, 4) is 0 Å². The molecule has 2 rings (SSSR count). The molecule has 0 atom stereocenters. The Morgan fingerprint density at radius 2 is 0.621 bits per heavy atom. The van der Waals surface area contributed by atoms with Crippen molar-refractivity contribution in [2.75, 3.05) is 0 Å². The van der Waals surface area contributed by atoms with E-state index in [4.69, 9.17) is 0 Å². The number of aryl methyl sites for hydroxylation is 2. The van der Waals surface area contributed by atoms with Crippen molar-refractivity contribution >= 4 is 14.5 Å². The molecule has 0 amide bonds. The van der Waals surface area contributed by atoms with E-state index in [0.29, 0.717) is 0 Å². The first-order chi connectivity index (χ1) is 12.3. The van der Waals surface area contributed by atoms with Crippen molar-refractivity contribution in [1.29, 1.82) is 0 Å². The molecule has 0 N–H and O–H groups in total. The molecular weight excluding hydrogens is 582 g/mol. The van der Waals surface area contributed by atoms with Crippen LogP contribution in [0.1, 0.15) is 45.7 Å². The Morgan fingerprint density at radius 3 is 0.724 bits per heavy atom. The number of halogens is 8. The van der Waals surface area contributed by atoms with Gasteiger partial charge in [-0.25, -0.2) is 0 Å². The van der Waals surface area contributed by atoms with Crippen LogP contribution in [0.4, 0.5) is 34.5 Å². The molecular formula is C18H25B2F8Ir-2. The third-order valence-electron chi connectivity index (χ3n) is 4.03. The van der Waals surface area contributed by atoms with Gasteiger partial charge in [-0.3, -0.25) is 0 Å². The van der Waals surface area contributed by atoms with Gasteiger partial charge in [-0.1, -0.05) is 53.5 Å². The molecule has 1 aliphatic rings. The average molecular weight is 607 g/mol. The summed E-state index contributed by atoms with van der Waals surface area (Å²) in [6, 6.07) is 8.48. The summed E-state index contributed by atoms with van der Waals surface area (Å²) >= 11 is 0. The van der Waals surface area contributed by atoms with Gasteiger partial charge in [-0.2, -0.15) is 0 Å². The monoisotopic (exact) mass is 608 g/mol. The average Bonchev–Trinajstić information content (AvgIpc) is 2.66.